The van der Waals surface area contributed by atoms with Crippen molar-refractivity contribution in [2.24, 2.45) is 0 Å². The van der Waals surface area contributed by atoms with E-state index in [9.17, 15) is 14.9 Å². The summed E-state index contributed by atoms with van der Waals surface area (Å²) in [6.45, 7) is 0. The lowest BCUT2D eigenvalue weighted by atomic mass is 10.2. The smallest absolute Gasteiger partial charge is 0.339 e. The molecule has 1 N–H and O–H groups in total. The Morgan fingerprint density at radius 2 is 2.15 bits per heavy atom. The van der Waals surface area contributed by atoms with Crippen LogP contribution in [0, 0.1) is 10.1 Å². The minimum absolute atomic E-state index is 0.119. The number of nitro groups is 1. The van der Waals surface area contributed by atoms with Crippen molar-refractivity contribution in [3.05, 3.63) is 57.2 Å². The molecule has 1 aromatic heterocycles. The molecule has 8 heteroatoms. The third-order valence-electron chi connectivity index (χ3n) is 2.33. The first-order valence-corrected chi connectivity index (χ1v) is 5.67. The van der Waals surface area contributed by atoms with Gasteiger partial charge in [0, 0.05) is 23.4 Å². The molecule has 0 saturated heterocycles. The van der Waals surface area contributed by atoms with Gasteiger partial charge in [0.05, 0.1) is 4.92 Å². The summed E-state index contributed by atoms with van der Waals surface area (Å²) in [5, 5.41) is 20.1. The van der Waals surface area contributed by atoms with Crippen LogP contribution in [0.1, 0.15) is 10.4 Å². The van der Waals surface area contributed by atoms with Crippen LogP contribution in [0.25, 0.3) is 0 Å². The summed E-state index contributed by atoms with van der Waals surface area (Å²) in [7, 11) is 0. The lowest BCUT2D eigenvalue weighted by molar-refractivity contribution is -0.386. The monoisotopic (exact) mass is 294 g/mol. The molecule has 0 unspecified atom stereocenters. The van der Waals surface area contributed by atoms with E-state index in [0.717, 1.165) is 0 Å². The Hall–Kier alpha value is -2.67. The van der Waals surface area contributed by atoms with Crippen molar-refractivity contribution in [2.75, 3.05) is 0 Å². The molecule has 1 heterocycles. The fourth-order valence-electron chi connectivity index (χ4n) is 1.46. The van der Waals surface area contributed by atoms with Crippen LogP contribution < -0.4 is 4.74 Å². The molecular weight excluding hydrogens is 288 g/mol. The van der Waals surface area contributed by atoms with Crippen LogP contribution in [0.5, 0.6) is 11.6 Å². The molecule has 0 spiro atoms. The van der Waals surface area contributed by atoms with Crippen molar-refractivity contribution in [3.63, 3.8) is 0 Å². The van der Waals surface area contributed by atoms with Gasteiger partial charge in [-0.3, -0.25) is 10.1 Å². The van der Waals surface area contributed by atoms with Gasteiger partial charge in [-0.05, 0) is 18.2 Å². The third-order valence-corrected chi connectivity index (χ3v) is 2.56. The molecular formula is C12H7ClN2O5. The zero-order valence-electron chi connectivity index (χ0n) is 9.82. The predicted molar refractivity (Wildman–Crippen MR) is 69.4 cm³/mol. The predicted octanol–water partition coefficient (Wildman–Crippen LogP) is 3.13. The number of pyridine rings is 1. The summed E-state index contributed by atoms with van der Waals surface area (Å²) in [4.78, 5) is 25.0. The molecule has 0 aliphatic heterocycles. The number of hydrogen-bond acceptors (Lipinski definition) is 5. The Labute approximate surface area is 117 Å². The fourth-order valence-corrected chi connectivity index (χ4v) is 1.62. The van der Waals surface area contributed by atoms with Crippen molar-refractivity contribution in [2.45, 2.75) is 0 Å². The second-order valence-corrected chi connectivity index (χ2v) is 4.07. The van der Waals surface area contributed by atoms with Crippen LogP contribution in [-0.4, -0.2) is 21.0 Å². The second kappa shape index (κ2) is 5.54. The Morgan fingerprint density at radius 3 is 2.80 bits per heavy atom. The van der Waals surface area contributed by atoms with Crippen LogP contribution in [-0.2, 0) is 0 Å². The molecule has 7 nitrogen and oxygen atoms in total. The van der Waals surface area contributed by atoms with Crippen molar-refractivity contribution in [1.82, 2.24) is 4.98 Å². The molecule has 2 aromatic rings. The van der Waals surface area contributed by atoms with Crippen LogP contribution in [0.15, 0.2) is 36.5 Å². The highest BCUT2D eigenvalue weighted by Gasteiger charge is 2.20. The fraction of sp³-hybridized carbons (Fsp3) is 0. The van der Waals surface area contributed by atoms with Gasteiger partial charge in [0.2, 0.25) is 0 Å². The molecule has 0 amide bonds. The van der Waals surface area contributed by atoms with E-state index in [-0.39, 0.29) is 27.9 Å². The first kappa shape index (κ1) is 13.8. The first-order chi connectivity index (χ1) is 9.49. The van der Waals surface area contributed by atoms with E-state index in [2.05, 4.69) is 4.98 Å². The van der Waals surface area contributed by atoms with Crippen molar-refractivity contribution >= 4 is 23.3 Å². The zero-order valence-corrected chi connectivity index (χ0v) is 10.6. The zero-order chi connectivity index (χ0) is 14.7. The van der Waals surface area contributed by atoms with E-state index in [1.165, 1.54) is 36.5 Å². The summed E-state index contributed by atoms with van der Waals surface area (Å²) in [5.41, 5.74) is -0.543. The highest BCUT2D eigenvalue weighted by atomic mass is 35.5. The molecule has 0 radical (unpaired) electrons. The summed E-state index contributed by atoms with van der Waals surface area (Å²) < 4.78 is 5.23. The summed E-state index contributed by atoms with van der Waals surface area (Å²) >= 11 is 5.76. The Bertz CT molecular complexity index is 689. The van der Waals surface area contributed by atoms with Gasteiger partial charge >= 0.3 is 11.7 Å². The van der Waals surface area contributed by atoms with Crippen molar-refractivity contribution in [1.29, 1.82) is 0 Å². The quantitative estimate of drug-likeness (QED) is 0.686. The Balaban J connectivity index is 2.47. The molecule has 0 aliphatic carbocycles. The van der Waals surface area contributed by atoms with E-state index < -0.39 is 10.9 Å². The number of aromatic nitrogens is 1. The molecule has 1 aromatic carbocycles. The summed E-state index contributed by atoms with van der Waals surface area (Å²) in [6, 6.07) is 6.46. The lowest BCUT2D eigenvalue weighted by Gasteiger charge is -2.08. The van der Waals surface area contributed by atoms with E-state index >= 15 is 0 Å². The molecule has 0 atom stereocenters. The lowest BCUT2D eigenvalue weighted by Crippen LogP contribution is -2.02. The van der Waals surface area contributed by atoms with Crippen LogP contribution in [0.4, 0.5) is 5.69 Å². The number of aromatic carboxylic acids is 1. The topological polar surface area (TPSA) is 103 Å². The van der Waals surface area contributed by atoms with Crippen LogP contribution in [0.3, 0.4) is 0 Å². The number of carboxylic acids is 1. The number of carbonyl (C=O) groups is 1. The van der Waals surface area contributed by atoms with Crippen molar-refractivity contribution < 1.29 is 19.6 Å². The van der Waals surface area contributed by atoms with Crippen molar-refractivity contribution in [3.8, 4) is 11.6 Å². The largest absolute Gasteiger partial charge is 0.478 e. The SMILES string of the molecule is O=C(O)c1ccc(Cl)cc1Oc1ncccc1[N+](=O)[O-]. The van der Waals surface area contributed by atoms with E-state index in [4.69, 9.17) is 21.4 Å². The van der Waals surface area contributed by atoms with Gasteiger partial charge in [-0.1, -0.05) is 11.6 Å². The molecule has 2 rings (SSSR count). The highest BCUT2D eigenvalue weighted by Crippen LogP contribution is 2.32. The van der Waals surface area contributed by atoms with Gasteiger partial charge < -0.3 is 9.84 Å². The highest BCUT2D eigenvalue weighted by molar-refractivity contribution is 6.30. The van der Waals surface area contributed by atoms with Gasteiger partial charge in [-0.2, -0.15) is 0 Å². The minimum atomic E-state index is -1.24. The molecule has 0 aliphatic rings. The second-order valence-electron chi connectivity index (χ2n) is 3.63. The standard InChI is InChI=1S/C12H7ClN2O5/c13-7-3-4-8(12(16)17)10(6-7)20-11-9(15(18)19)2-1-5-14-11/h1-6H,(H,16,17). The normalized spacial score (nSPS) is 10.1. The van der Waals surface area contributed by atoms with Crippen LogP contribution >= 0.6 is 11.6 Å². The van der Waals surface area contributed by atoms with Gasteiger partial charge in [0.25, 0.3) is 5.88 Å². The summed E-state index contributed by atoms with van der Waals surface area (Å²) in [5.74, 6) is -1.66. The van der Waals surface area contributed by atoms with E-state index in [0.29, 0.717) is 0 Å². The van der Waals surface area contributed by atoms with E-state index in [1.54, 1.807) is 0 Å². The summed E-state index contributed by atoms with van der Waals surface area (Å²) in [6.07, 6.45) is 1.30. The number of carboxylic acid groups (broad SMARTS) is 1. The molecule has 0 bridgehead atoms. The molecule has 102 valence electrons. The number of ether oxygens (including phenoxy) is 1. The Kier molecular flexibility index (Phi) is 3.81. The average Bonchev–Trinajstić information content (AvgIpc) is 2.38. The number of benzene rings is 1. The maximum Gasteiger partial charge on any atom is 0.339 e. The van der Waals surface area contributed by atoms with Gasteiger partial charge in [0.1, 0.15) is 11.3 Å². The average molecular weight is 295 g/mol. The number of hydrogen-bond donors (Lipinski definition) is 1. The van der Waals surface area contributed by atoms with Gasteiger partial charge in [-0.15, -0.1) is 0 Å². The minimum Gasteiger partial charge on any atom is -0.478 e. The first-order valence-electron chi connectivity index (χ1n) is 5.29. The molecule has 0 saturated carbocycles. The number of nitrogens with zero attached hydrogens (tertiary/aromatic N) is 2. The van der Waals surface area contributed by atoms with Gasteiger partial charge in [-0.25, -0.2) is 9.78 Å². The molecule has 20 heavy (non-hydrogen) atoms. The third kappa shape index (κ3) is 2.83. The Morgan fingerprint density at radius 1 is 1.40 bits per heavy atom. The molecule has 0 fully saturated rings. The maximum absolute atomic E-state index is 11.1. The van der Waals surface area contributed by atoms with Gasteiger partial charge in [0.15, 0.2) is 0 Å². The number of halogens is 1. The number of rotatable bonds is 4. The maximum atomic E-state index is 11.1. The van der Waals surface area contributed by atoms with Crippen LogP contribution in [0.2, 0.25) is 5.02 Å². The van der Waals surface area contributed by atoms with E-state index in [1.807, 2.05) is 0 Å².